The minimum absolute atomic E-state index is 0.00509. The van der Waals surface area contributed by atoms with Crippen molar-refractivity contribution >= 4 is 11.9 Å². The molecule has 0 radical (unpaired) electrons. The van der Waals surface area contributed by atoms with E-state index in [2.05, 4.69) is 15.3 Å². The predicted octanol–water partition coefficient (Wildman–Crippen LogP) is -0.0679. The van der Waals surface area contributed by atoms with E-state index in [1.165, 1.54) is 6.20 Å². The molecule has 7 nitrogen and oxygen atoms in total. The number of aromatic nitrogens is 2. The lowest BCUT2D eigenvalue weighted by atomic mass is 9.87. The van der Waals surface area contributed by atoms with Gasteiger partial charge in [0.25, 0.3) is 5.91 Å². The van der Waals surface area contributed by atoms with Gasteiger partial charge in [-0.05, 0) is 5.41 Å². The Morgan fingerprint density at radius 3 is 2.35 bits per heavy atom. The monoisotopic (exact) mass is 241 g/mol. The van der Waals surface area contributed by atoms with Crippen molar-refractivity contribution in [2.45, 2.75) is 26.8 Å². The summed E-state index contributed by atoms with van der Waals surface area (Å²) in [5.41, 5.74) is -1.14. The molecular weight excluding hydrogens is 226 g/mol. The summed E-state index contributed by atoms with van der Waals surface area (Å²) in [6.45, 7) is 5.10. The lowest BCUT2D eigenvalue weighted by Gasteiger charge is -2.27. The summed E-state index contributed by atoms with van der Waals surface area (Å²) < 4.78 is 0. The molecule has 0 aliphatic carbocycles. The van der Waals surface area contributed by atoms with E-state index in [-0.39, 0.29) is 5.69 Å². The standard InChI is InChI=1S/C10H15N3O4/c1-10(2,3)6(8(15)16)13-7(14)5-4-11-9(17)12-5/h4,6H,1-3H3,(H,13,14)(H,15,16)(H2,11,12,17)/t6-/m0/s1. The molecule has 0 aromatic carbocycles. The zero-order valence-corrected chi connectivity index (χ0v) is 9.83. The summed E-state index contributed by atoms with van der Waals surface area (Å²) in [5.74, 6) is -1.76. The maximum absolute atomic E-state index is 11.7. The average molecular weight is 241 g/mol. The summed E-state index contributed by atoms with van der Waals surface area (Å²) in [6.07, 6.45) is 1.19. The van der Waals surface area contributed by atoms with Crippen LogP contribution in [0.4, 0.5) is 0 Å². The Labute approximate surface area is 97.2 Å². The molecule has 0 fully saturated rings. The van der Waals surface area contributed by atoms with Crippen LogP contribution in [0.5, 0.6) is 0 Å². The van der Waals surface area contributed by atoms with Crippen LogP contribution in [0.2, 0.25) is 0 Å². The number of hydrogen-bond donors (Lipinski definition) is 4. The molecule has 0 aliphatic heterocycles. The molecular formula is C10H15N3O4. The molecule has 0 saturated carbocycles. The molecule has 1 atom stereocenters. The van der Waals surface area contributed by atoms with E-state index in [1.54, 1.807) is 20.8 Å². The number of carboxylic acid groups (broad SMARTS) is 1. The van der Waals surface area contributed by atoms with Crippen molar-refractivity contribution in [3.05, 3.63) is 22.4 Å². The Balaban J connectivity index is 2.86. The Morgan fingerprint density at radius 2 is 2.00 bits per heavy atom. The van der Waals surface area contributed by atoms with Crippen molar-refractivity contribution in [2.75, 3.05) is 0 Å². The maximum Gasteiger partial charge on any atom is 0.326 e. The van der Waals surface area contributed by atoms with Crippen molar-refractivity contribution in [2.24, 2.45) is 5.41 Å². The van der Waals surface area contributed by atoms with E-state index in [0.717, 1.165) is 0 Å². The van der Waals surface area contributed by atoms with Crippen LogP contribution >= 0.6 is 0 Å². The van der Waals surface area contributed by atoms with E-state index < -0.39 is 29.0 Å². The highest BCUT2D eigenvalue weighted by molar-refractivity contribution is 5.94. The van der Waals surface area contributed by atoms with Gasteiger partial charge in [-0.1, -0.05) is 20.8 Å². The predicted molar refractivity (Wildman–Crippen MR) is 59.8 cm³/mol. The molecule has 94 valence electrons. The normalized spacial score (nSPS) is 13.1. The fourth-order valence-corrected chi connectivity index (χ4v) is 1.31. The summed E-state index contributed by atoms with van der Waals surface area (Å²) in [7, 11) is 0. The second-order valence-electron chi connectivity index (χ2n) is 4.77. The molecule has 1 aromatic heterocycles. The number of amides is 1. The van der Waals surface area contributed by atoms with Crippen LogP contribution in [-0.4, -0.2) is 33.0 Å². The number of carbonyl (C=O) groups excluding carboxylic acids is 1. The first kappa shape index (κ1) is 13.0. The second-order valence-corrected chi connectivity index (χ2v) is 4.77. The van der Waals surface area contributed by atoms with Crippen LogP contribution in [0.25, 0.3) is 0 Å². The number of carbonyl (C=O) groups is 2. The number of rotatable bonds is 3. The van der Waals surface area contributed by atoms with Gasteiger partial charge in [-0.3, -0.25) is 4.79 Å². The van der Waals surface area contributed by atoms with Gasteiger partial charge >= 0.3 is 11.7 Å². The molecule has 17 heavy (non-hydrogen) atoms. The molecule has 0 saturated heterocycles. The Kier molecular flexibility index (Phi) is 3.40. The SMILES string of the molecule is CC(C)(C)[C@@H](NC(=O)c1c[nH]c(=O)[nH]1)C(=O)O. The number of aromatic amines is 2. The molecule has 0 unspecified atom stereocenters. The lowest BCUT2D eigenvalue weighted by molar-refractivity contribution is -0.142. The minimum atomic E-state index is -1.12. The van der Waals surface area contributed by atoms with Crippen molar-refractivity contribution in [3.8, 4) is 0 Å². The number of aliphatic carboxylic acids is 1. The summed E-state index contributed by atoms with van der Waals surface area (Å²) in [5, 5.41) is 11.4. The highest BCUT2D eigenvalue weighted by Crippen LogP contribution is 2.19. The number of nitrogens with one attached hydrogen (secondary N) is 3. The summed E-state index contributed by atoms with van der Waals surface area (Å²) in [4.78, 5) is 38.0. The number of hydrogen-bond acceptors (Lipinski definition) is 3. The zero-order valence-electron chi connectivity index (χ0n) is 9.83. The minimum Gasteiger partial charge on any atom is -0.480 e. The van der Waals surface area contributed by atoms with Crippen molar-refractivity contribution in [3.63, 3.8) is 0 Å². The van der Waals surface area contributed by atoms with Crippen molar-refractivity contribution in [1.82, 2.24) is 15.3 Å². The lowest BCUT2D eigenvalue weighted by Crippen LogP contribution is -2.49. The Morgan fingerprint density at radius 1 is 1.41 bits per heavy atom. The highest BCUT2D eigenvalue weighted by atomic mass is 16.4. The van der Waals surface area contributed by atoms with Crippen molar-refractivity contribution < 1.29 is 14.7 Å². The summed E-state index contributed by atoms with van der Waals surface area (Å²) >= 11 is 0. The van der Waals surface area contributed by atoms with E-state index in [0.29, 0.717) is 0 Å². The summed E-state index contributed by atoms with van der Waals surface area (Å²) in [6, 6.07) is -1.03. The Bertz CT molecular complexity index is 480. The van der Waals surface area contributed by atoms with Gasteiger partial charge in [0.2, 0.25) is 0 Å². The third-order valence-electron chi connectivity index (χ3n) is 2.23. The van der Waals surface area contributed by atoms with Gasteiger partial charge in [0, 0.05) is 6.20 Å². The van der Waals surface area contributed by atoms with Gasteiger partial charge in [0.1, 0.15) is 11.7 Å². The molecule has 1 aromatic rings. The molecule has 0 aliphatic rings. The van der Waals surface area contributed by atoms with E-state index in [4.69, 9.17) is 5.11 Å². The first-order valence-corrected chi connectivity index (χ1v) is 5.03. The highest BCUT2D eigenvalue weighted by Gasteiger charge is 2.33. The topological polar surface area (TPSA) is 115 Å². The van der Waals surface area contributed by atoms with Gasteiger partial charge in [-0.2, -0.15) is 0 Å². The fourth-order valence-electron chi connectivity index (χ4n) is 1.31. The number of imidazole rings is 1. The van der Waals surface area contributed by atoms with E-state index in [9.17, 15) is 14.4 Å². The quantitative estimate of drug-likeness (QED) is 0.593. The molecule has 7 heteroatoms. The smallest absolute Gasteiger partial charge is 0.326 e. The van der Waals surface area contributed by atoms with Gasteiger partial charge < -0.3 is 20.4 Å². The molecule has 1 rings (SSSR count). The molecule has 1 amide bonds. The van der Waals surface area contributed by atoms with Gasteiger partial charge in [-0.15, -0.1) is 0 Å². The van der Waals surface area contributed by atoms with Crippen LogP contribution in [0, 0.1) is 5.41 Å². The van der Waals surface area contributed by atoms with Gasteiger partial charge in [0.05, 0.1) is 0 Å². The third kappa shape index (κ3) is 3.20. The van der Waals surface area contributed by atoms with Crippen LogP contribution in [0.15, 0.2) is 11.0 Å². The van der Waals surface area contributed by atoms with Crippen LogP contribution in [0.3, 0.4) is 0 Å². The maximum atomic E-state index is 11.7. The second kappa shape index (κ2) is 4.44. The molecule has 0 bridgehead atoms. The van der Waals surface area contributed by atoms with E-state index in [1.807, 2.05) is 0 Å². The van der Waals surface area contributed by atoms with Crippen LogP contribution < -0.4 is 11.0 Å². The zero-order chi connectivity index (χ0) is 13.2. The van der Waals surface area contributed by atoms with Gasteiger partial charge in [-0.25, -0.2) is 9.59 Å². The first-order valence-electron chi connectivity index (χ1n) is 5.03. The molecule has 4 N–H and O–H groups in total. The molecule has 1 heterocycles. The van der Waals surface area contributed by atoms with Crippen molar-refractivity contribution in [1.29, 1.82) is 0 Å². The molecule has 0 spiro atoms. The average Bonchev–Trinajstić information content (AvgIpc) is 2.58. The number of carboxylic acids is 1. The van der Waals surface area contributed by atoms with Gasteiger partial charge in [0.15, 0.2) is 0 Å². The Hall–Kier alpha value is -2.05. The largest absolute Gasteiger partial charge is 0.480 e. The van der Waals surface area contributed by atoms with E-state index >= 15 is 0 Å². The van der Waals surface area contributed by atoms with Crippen LogP contribution in [-0.2, 0) is 4.79 Å². The third-order valence-corrected chi connectivity index (χ3v) is 2.23. The number of H-pyrrole nitrogens is 2. The first-order chi connectivity index (χ1) is 7.71. The van der Waals surface area contributed by atoms with Crippen LogP contribution in [0.1, 0.15) is 31.3 Å². The fraction of sp³-hybridized carbons (Fsp3) is 0.500.